The second-order valence-electron chi connectivity index (χ2n) is 8.46. The second-order valence-corrected chi connectivity index (χ2v) is 11.4. The molecule has 2 aromatic heterocycles. The van der Waals surface area contributed by atoms with Gasteiger partial charge in [0.05, 0.1) is 12.9 Å². The first-order valence-electron chi connectivity index (χ1n) is 10.6. The standard InChI is InChI=1S/C16H25N5O15P2/c1-16(11(27)10(26)14(33-16)21-4-20-6-12(17)18-3-19-13(6)21)35-38(30,31)36-37(28,29)34-15-9(25)8(24)7(23)5(2-22)32-15/h3-5,7-11,14-15,22-27H,2H2,1H3,(H,28,29)(H,30,31)(H2,17,18,19). The van der Waals surface area contributed by atoms with Crippen molar-refractivity contribution in [3.05, 3.63) is 12.7 Å². The van der Waals surface area contributed by atoms with E-state index in [4.69, 9.17) is 19.7 Å². The SMILES string of the molecule is CC1(OP(=O)(O)OP(=O)(O)OC2OC(CO)C(O)C(O)C2O)OC(n2cnc3c(N)ncnc32)C(O)C1O. The van der Waals surface area contributed by atoms with Gasteiger partial charge in [0, 0.05) is 0 Å². The molecule has 0 radical (unpaired) electrons. The van der Waals surface area contributed by atoms with E-state index < -0.39 is 77.2 Å². The number of nitrogen functional groups attached to an aromatic ring is 1. The fourth-order valence-corrected chi connectivity index (χ4v) is 6.26. The lowest BCUT2D eigenvalue weighted by Crippen LogP contribution is -2.58. The Bertz CT molecular complexity index is 1270. The van der Waals surface area contributed by atoms with Crippen LogP contribution in [0.4, 0.5) is 5.82 Å². The quantitative estimate of drug-likeness (QED) is 0.134. The number of phosphoric ester groups is 2. The van der Waals surface area contributed by atoms with Crippen molar-refractivity contribution >= 4 is 32.6 Å². The number of aliphatic hydroxyl groups excluding tert-OH is 6. The van der Waals surface area contributed by atoms with E-state index in [1.54, 1.807) is 0 Å². The first kappa shape index (κ1) is 29.3. The Morgan fingerprint density at radius 3 is 2.39 bits per heavy atom. The molecule has 20 nitrogen and oxygen atoms in total. The lowest BCUT2D eigenvalue weighted by Gasteiger charge is -2.39. The van der Waals surface area contributed by atoms with Crippen LogP contribution in [0, 0.1) is 0 Å². The van der Waals surface area contributed by atoms with Crippen LogP contribution in [0.3, 0.4) is 0 Å². The summed E-state index contributed by atoms with van der Waals surface area (Å²) in [5.41, 5.74) is 5.90. The molecule has 4 heterocycles. The highest BCUT2D eigenvalue weighted by Gasteiger charge is 2.58. The van der Waals surface area contributed by atoms with Crippen molar-refractivity contribution in [2.24, 2.45) is 0 Å². The van der Waals surface area contributed by atoms with E-state index in [1.165, 1.54) is 0 Å². The van der Waals surface area contributed by atoms with Gasteiger partial charge in [-0.3, -0.25) is 13.6 Å². The molecule has 214 valence electrons. The fraction of sp³-hybridized carbons (Fsp3) is 0.688. The lowest BCUT2D eigenvalue weighted by molar-refractivity contribution is -0.280. The number of phosphoric acid groups is 2. The molecular formula is C16H25N5O15P2. The Morgan fingerprint density at radius 1 is 1.05 bits per heavy atom. The van der Waals surface area contributed by atoms with E-state index >= 15 is 0 Å². The molecular weight excluding hydrogens is 564 g/mol. The van der Waals surface area contributed by atoms with Crippen LogP contribution < -0.4 is 5.73 Å². The zero-order chi connectivity index (χ0) is 28.2. The molecule has 22 heteroatoms. The van der Waals surface area contributed by atoms with Gasteiger partial charge in [-0.15, -0.1) is 0 Å². The molecule has 2 aromatic rings. The third-order valence-electron chi connectivity index (χ3n) is 5.76. The Balaban J connectivity index is 1.48. The van der Waals surface area contributed by atoms with E-state index in [0.29, 0.717) is 0 Å². The number of nitrogens with zero attached hydrogens (tertiary/aromatic N) is 4. The van der Waals surface area contributed by atoms with E-state index in [2.05, 4.69) is 23.8 Å². The summed E-state index contributed by atoms with van der Waals surface area (Å²) >= 11 is 0. The molecule has 2 fully saturated rings. The maximum Gasteiger partial charge on any atom is 0.483 e. The molecule has 2 aliphatic rings. The minimum Gasteiger partial charge on any atom is -0.394 e. The van der Waals surface area contributed by atoms with Gasteiger partial charge in [-0.05, 0) is 6.92 Å². The highest BCUT2D eigenvalue weighted by molar-refractivity contribution is 7.61. The average Bonchev–Trinajstić information content (AvgIpc) is 3.34. The number of aliphatic hydroxyl groups is 6. The Hall–Kier alpha value is -1.71. The number of fused-ring (bicyclic) bond motifs is 1. The molecule has 0 spiro atoms. The number of rotatable bonds is 8. The van der Waals surface area contributed by atoms with Gasteiger partial charge >= 0.3 is 15.6 Å². The van der Waals surface area contributed by atoms with Crippen LogP contribution in [0.2, 0.25) is 0 Å². The second kappa shape index (κ2) is 10.4. The summed E-state index contributed by atoms with van der Waals surface area (Å²) < 4.78 is 49.9. The van der Waals surface area contributed by atoms with Crippen molar-refractivity contribution in [2.45, 2.75) is 61.9 Å². The number of aromatic nitrogens is 4. The van der Waals surface area contributed by atoms with Crippen LogP contribution in [-0.2, 0) is 32.0 Å². The number of anilines is 1. The maximum absolute atomic E-state index is 12.6. The van der Waals surface area contributed by atoms with E-state index in [1.807, 2.05) is 0 Å². The molecule has 0 aromatic carbocycles. The van der Waals surface area contributed by atoms with Crippen molar-refractivity contribution < 1.29 is 72.4 Å². The predicted molar refractivity (Wildman–Crippen MR) is 117 cm³/mol. The van der Waals surface area contributed by atoms with Crippen LogP contribution in [0.5, 0.6) is 0 Å². The van der Waals surface area contributed by atoms with Crippen molar-refractivity contribution in [2.75, 3.05) is 12.3 Å². The van der Waals surface area contributed by atoms with Crippen molar-refractivity contribution in [3.8, 4) is 0 Å². The first-order chi connectivity index (χ1) is 17.6. The van der Waals surface area contributed by atoms with Crippen LogP contribution in [-0.4, -0.2) is 115 Å². The van der Waals surface area contributed by atoms with Crippen molar-refractivity contribution in [1.82, 2.24) is 19.5 Å². The minimum atomic E-state index is -5.69. The topological polar surface area (TPSA) is 312 Å². The monoisotopic (exact) mass is 589 g/mol. The van der Waals surface area contributed by atoms with Gasteiger partial charge in [-0.1, -0.05) is 0 Å². The maximum atomic E-state index is 12.6. The summed E-state index contributed by atoms with van der Waals surface area (Å²) in [7, 11) is -11.4. The van der Waals surface area contributed by atoms with E-state index in [0.717, 1.165) is 24.1 Å². The van der Waals surface area contributed by atoms with Crippen LogP contribution in [0.25, 0.3) is 11.2 Å². The van der Waals surface area contributed by atoms with Crippen LogP contribution in [0.15, 0.2) is 12.7 Å². The van der Waals surface area contributed by atoms with Crippen LogP contribution in [0.1, 0.15) is 13.2 Å². The third-order valence-corrected chi connectivity index (χ3v) is 8.48. The number of nitrogens with two attached hydrogens (primary N) is 1. The Labute approximate surface area is 212 Å². The Morgan fingerprint density at radius 2 is 1.74 bits per heavy atom. The molecule has 4 rings (SSSR count). The summed E-state index contributed by atoms with van der Waals surface area (Å²) in [4.78, 5) is 31.8. The minimum absolute atomic E-state index is 0.00726. The zero-order valence-corrected chi connectivity index (χ0v) is 21.0. The van der Waals surface area contributed by atoms with Gasteiger partial charge < -0.3 is 55.6 Å². The molecule has 11 atom stereocenters. The van der Waals surface area contributed by atoms with Crippen molar-refractivity contribution in [3.63, 3.8) is 0 Å². The fourth-order valence-electron chi connectivity index (χ4n) is 3.88. The normalized spacial score (nSPS) is 39.2. The molecule has 0 aliphatic carbocycles. The highest BCUT2D eigenvalue weighted by atomic mass is 31.3. The molecule has 38 heavy (non-hydrogen) atoms. The zero-order valence-electron chi connectivity index (χ0n) is 19.2. The lowest BCUT2D eigenvalue weighted by atomic mass is 10.00. The molecule has 2 saturated heterocycles. The first-order valence-corrected chi connectivity index (χ1v) is 13.6. The van der Waals surface area contributed by atoms with Crippen LogP contribution >= 0.6 is 15.6 Å². The van der Waals surface area contributed by atoms with Gasteiger partial charge in [-0.2, -0.15) is 4.31 Å². The number of hydrogen-bond acceptors (Lipinski definition) is 17. The molecule has 2 aliphatic heterocycles. The number of ether oxygens (including phenoxy) is 2. The third kappa shape index (κ3) is 5.48. The smallest absolute Gasteiger partial charge is 0.394 e. The molecule has 11 unspecified atom stereocenters. The van der Waals surface area contributed by atoms with Gasteiger partial charge in [0.1, 0.15) is 48.5 Å². The summed E-state index contributed by atoms with van der Waals surface area (Å²) in [5.74, 6) is -2.54. The van der Waals surface area contributed by atoms with Gasteiger partial charge in [0.15, 0.2) is 24.0 Å². The van der Waals surface area contributed by atoms with E-state index in [-0.39, 0.29) is 17.0 Å². The molecule has 10 N–H and O–H groups in total. The summed E-state index contributed by atoms with van der Waals surface area (Å²) in [6, 6.07) is 0. The average molecular weight is 589 g/mol. The van der Waals surface area contributed by atoms with E-state index in [9.17, 15) is 49.6 Å². The molecule has 0 saturated carbocycles. The highest BCUT2D eigenvalue weighted by Crippen LogP contribution is 2.64. The molecule has 0 bridgehead atoms. The number of hydrogen-bond donors (Lipinski definition) is 9. The predicted octanol–water partition coefficient (Wildman–Crippen LogP) is -3.57. The van der Waals surface area contributed by atoms with Gasteiger partial charge in [0.2, 0.25) is 5.79 Å². The number of imidazole rings is 1. The largest absolute Gasteiger partial charge is 0.483 e. The molecule has 0 amide bonds. The summed E-state index contributed by atoms with van der Waals surface area (Å²) in [6.45, 7) is 0.0151. The van der Waals surface area contributed by atoms with Crippen molar-refractivity contribution in [1.29, 1.82) is 0 Å². The van der Waals surface area contributed by atoms with Gasteiger partial charge in [-0.25, -0.2) is 24.1 Å². The summed E-state index contributed by atoms with van der Waals surface area (Å²) in [6.07, 6.45) is -12.9. The Kier molecular flexibility index (Phi) is 7.98. The van der Waals surface area contributed by atoms with Gasteiger partial charge in [0.25, 0.3) is 0 Å². The summed E-state index contributed by atoms with van der Waals surface area (Å²) in [5, 5.41) is 59.7.